The maximum Gasteiger partial charge on any atom is 0.274 e. The first-order chi connectivity index (χ1) is 12.6. The van der Waals surface area contributed by atoms with Gasteiger partial charge in [0, 0.05) is 18.5 Å². The van der Waals surface area contributed by atoms with Crippen molar-refractivity contribution in [3.05, 3.63) is 76.2 Å². The Bertz CT molecular complexity index is 967. The van der Waals surface area contributed by atoms with Crippen LogP contribution in [-0.4, -0.2) is 35.4 Å². The van der Waals surface area contributed by atoms with Gasteiger partial charge in [-0.3, -0.25) is 9.59 Å². The van der Waals surface area contributed by atoms with Gasteiger partial charge in [0.25, 0.3) is 11.5 Å². The number of nitrogens with zero attached hydrogens (tertiary/aromatic N) is 2. The summed E-state index contributed by atoms with van der Waals surface area (Å²) >= 11 is 0. The van der Waals surface area contributed by atoms with Gasteiger partial charge >= 0.3 is 0 Å². The molecule has 1 atom stereocenters. The minimum Gasteiger partial charge on any atom is -0.383 e. The molecule has 3 rings (SSSR count). The SMILES string of the molecule is COC[C@H](C)NC(=O)c1nn(Cc2ccccc2)c(=O)c2ccccc12. The number of fused-ring (bicyclic) bond motifs is 1. The number of carbonyl (C=O) groups is 1. The van der Waals surface area contributed by atoms with Crippen LogP contribution in [0.2, 0.25) is 0 Å². The van der Waals surface area contributed by atoms with Gasteiger partial charge in [-0.1, -0.05) is 48.5 Å². The largest absolute Gasteiger partial charge is 0.383 e. The molecule has 26 heavy (non-hydrogen) atoms. The van der Waals surface area contributed by atoms with E-state index in [1.807, 2.05) is 37.3 Å². The van der Waals surface area contributed by atoms with Crippen molar-refractivity contribution >= 4 is 16.7 Å². The molecular formula is C20H21N3O3. The lowest BCUT2D eigenvalue weighted by Gasteiger charge is -2.15. The molecule has 6 heteroatoms. The molecule has 1 heterocycles. The molecule has 1 N–H and O–H groups in total. The summed E-state index contributed by atoms with van der Waals surface area (Å²) in [5, 5.41) is 8.24. The minimum atomic E-state index is -0.326. The highest BCUT2D eigenvalue weighted by Crippen LogP contribution is 2.14. The average molecular weight is 351 g/mol. The molecule has 0 saturated heterocycles. The van der Waals surface area contributed by atoms with Gasteiger partial charge < -0.3 is 10.1 Å². The molecule has 1 aromatic heterocycles. The molecule has 0 aliphatic carbocycles. The maximum atomic E-state index is 12.8. The summed E-state index contributed by atoms with van der Waals surface area (Å²) in [6.07, 6.45) is 0. The number of amides is 1. The first kappa shape index (κ1) is 17.8. The molecular weight excluding hydrogens is 330 g/mol. The topological polar surface area (TPSA) is 73.2 Å². The number of carbonyl (C=O) groups excluding carboxylic acids is 1. The maximum absolute atomic E-state index is 12.8. The highest BCUT2D eigenvalue weighted by atomic mass is 16.5. The van der Waals surface area contributed by atoms with Crippen molar-refractivity contribution < 1.29 is 9.53 Å². The minimum absolute atomic E-state index is 0.164. The van der Waals surface area contributed by atoms with E-state index in [2.05, 4.69) is 10.4 Å². The summed E-state index contributed by atoms with van der Waals surface area (Å²) in [4.78, 5) is 25.5. The quantitative estimate of drug-likeness (QED) is 0.739. The van der Waals surface area contributed by atoms with Crippen LogP contribution in [0.15, 0.2) is 59.4 Å². The van der Waals surface area contributed by atoms with Crippen LogP contribution >= 0.6 is 0 Å². The van der Waals surface area contributed by atoms with Crippen molar-refractivity contribution in [3.63, 3.8) is 0 Å². The third kappa shape index (κ3) is 3.81. The molecule has 0 bridgehead atoms. The second-order valence-electron chi connectivity index (χ2n) is 6.17. The molecule has 0 unspecified atom stereocenters. The van der Waals surface area contributed by atoms with Gasteiger partial charge in [0.2, 0.25) is 0 Å². The van der Waals surface area contributed by atoms with E-state index in [0.29, 0.717) is 23.9 Å². The summed E-state index contributed by atoms with van der Waals surface area (Å²) in [5.41, 5.74) is 0.960. The number of aromatic nitrogens is 2. The van der Waals surface area contributed by atoms with Gasteiger partial charge in [0.15, 0.2) is 5.69 Å². The van der Waals surface area contributed by atoms with Gasteiger partial charge in [-0.2, -0.15) is 5.10 Å². The third-order valence-corrected chi connectivity index (χ3v) is 4.05. The average Bonchev–Trinajstić information content (AvgIpc) is 2.65. The van der Waals surface area contributed by atoms with Gasteiger partial charge in [-0.25, -0.2) is 4.68 Å². The number of benzene rings is 2. The van der Waals surface area contributed by atoms with Crippen LogP contribution in [0.3, 0.4) is 0 Å². The van der Waals surface area contributed by atoms with Gasteiger partial charge in [0.05, 0.1) is 18.5 Å². The molecule has 2 aromatic carbocycles. The number of hydrogen-bond acceptors (Lipinski definition) is 4. The molecule has 0 aliphatic heterocycles. The predicted octanol–water partition coefficient (Wildman–Crippen LogP) is 2.21. The predicted molar refractivity (Wildman–Crippen MR) is 100 cm³/mol. The van der Waals surface area contributed by atoms with E-state index in [-0.39, 0.29) is 23.2 Å². The second-order valence-corrected chi connectivity index (χ2v) is 6.17. The zero-order valence-corrected chi connectivity index (χ0v) is 14.8. The Balaban J connectivity index is 2.05. The number of ether oxygens (including phenoxy) is 1. The van der Waals surface area contributed by atoms with Gasteiger partial charge in [0.1, 0.15) is 0 Å². The fraction of sp³-hybridized carbons (Fsp3) is 0.250. The summed E-state index contributed by atoms with van der Waals surface area (Å²) in [6, 6.07) is 16.4. The van der Waals surface area contributed by atoms with Crippen LogP contribution in [0, 0.1) is 0 Å². The summed E-state index contributed by atoms with van der Waals surface area (Å²) in [6.45, 7) is 2.55. The van der Waals surface area contributed by atoms with E-state index < -0.39 is 0 Å². The van der Waals surface area contributed by atoms with Crippen molar-refractivity contribution in [1.29, 1.82) is 0 Å². The molecule has 0 radical (unpaired) electrons. The first-order valence-electron chi connectivity index (χ1n) is 8.43. The van der Waals surface area contributed by atoms with Crippen LogP contribution in [0.25, 0.3) is 10.8 Å². The Labute approximate surface area is 151 Å². The zero-order valence-electron chi connectivity index (χ0n) is 14.8. The van der Waals surface area contributed by atoms with Crippen LogP contribution < -0.4 is 10.9 Å². The van der Waals surface area contributed by atoms with Crippen molar-refractivity contribution in [2.75, 3.05) is 13.7 Å². The van der Waals surface area contributed by atoms with Crippen LogP contribution in [0.5, 0.6) is 0 Å². The fourth-order valence-electron chi connectivity index (χ4n) is 2.85. The summed E-state index contributed by atoms with van der Waals surface area (Å²) in [7, 11) is 1.58. The summed E-state index contributed by atoms with van der Waals surface area (Å²) in [5.74, 6) is -0.326. The Morgan fingerprint density at radius 1 is 1.12 bits per heavy atom. The van der Waals surface area contributed by atoms with E-state index in [1.165, 1.54) is 4.68 Å². The standard InChI is InChI=1S/C20H21N3O3/c1-14(13-26-2)21-19(24)18-16-10-6-7-11-17(16)20(25)23(22-18)12-15-8-4-3-5-9-15/h3-11,14H,12-13H2,1-2H3,(H,21,24)/t14-/m0/s1. The number of rotatable bonds is 6. The molecule has 1 amide bonds. The lowest BCUT2D eigenvalue weighted by atomic mass is 10.1. The van der Waals surface area contributed by atoms with Crippen LogP contribution in [0.1, 0.15) is 23.0 Å². The van der Waals surface area contributed by atoms with Gasteiger partial charge in [-0.05, 0) is 18.6 Å². The normalized spacial score (nSPS) is 12.1. The van der Waals surface area contributed by atoms with E-state index in [9.17, 15) is 9.59 Å². The fourth-order valence-corrected chi connectivity index (χ4v) is 2.85. The monoisotopic (exact) mass is 351 g/mol. The number of hydrogen-bond donors (Lipinski definition) is 1. The van der Waals surface area contributed by atoms with E-state index >= 15 is 0 Å². The molecule has 0 saturated carbocycles. The van der Waals surface area contributed by atoms with Gasteiger partial charge in [-0.15, -0.1) is 0 Å². The van der Waals surface area contributed by atoms with E-state index in [1.54, 1.807) is 31.4 Å². The Morgan fingerprint density at radius 2 is 1.77 bits per heavy atom. The van der Waals surface area contributed by atoms with Crippen molar-refractivity contribution in [1.82, 2.24) is 15.1 Å². The molecule has 0 fully saturated rings. The Kier molecular flexibility index (Phi) is 5.43. The molecule has 0 aliphatic rings. The third-order valence-electron chi connectivity index (χ3n) is 4.05. The Hall–Kier alpha value is -2.99. The van der Waals surface area contributed by atoms with E-state index in [0.717, 1.165) is 5.56 Å². The number of nitrogens with one attached hydrogen (secondary N) is 1. The molecule has 6 nitrogen and oxygen atoms in total. The highest BCUT2D eigenvalue weighted by molar-refractivity contribution is 6.04. The van der Waals surface area contributed by atoms with Crippen molar-refractivity contribution in [3.8, 4) is 0 Å². The van der Waals surface area contributed by atoms with Crippen LogP contribution in [0.4, 0.5) is 0 Å². The molecule has 3 aromatic rings. The molecule has 134 valence electrons. The number of methoxy groups -OCH3 is 1. The lowest BCUT2D eigenvalue weighted by molar-refractivity contribution is 0.0900. The first-order valence-corrected chi connectivity index (χ1v) is 8.43. The summed E-state index contributed by atoms with van der Waals surface area (Å²) < 4.78 is 6.40. The second kappa shape index (κ2) is 7.93. The smallest absolute Gasteiger partial charge is 0.274 e. The van der Waals surface area contributed by atoms with Crippen molar-refractivity contribution in [2.24, 2.45) is 0 Å². The van der Waals surface area contributed by atoms with E-state index in [4.69, 9.17) is 4.74 Å². The Morgan fingerprint density at radius 3 is 2.46 bits per heavy atom. The van der Waals surface area contributed by atoms with Crippen LogP contribution in [-0.2, 0) is 11.3 Å². The van der Waals surface area contributed by atoms with Crippen molar-refractivity contribution in [2.45, 2.75) is 19.5 Å². The lowest BCUT2D eigenvalue weighted by Crippen LogP contribution is -2.37. The zero-order chi connectivity index (χ0) is 18.5. The highest BCUT2D eigenvalue weighted by Gasteiger charge is 2.18. The molecule has 0 spiro atoms.